The van der Waals surface area contributed by atoms with Gasteiger partial charge in [0.05, 0.1) is 43.8 Å². The van der Waals surface area contributed by atoms with Gasteiger partial charge in [0.25, 0.3) is 0 Å². The van der Waals surface area contributed by atoms with E-state index in [0.717, 1.165) is 11.1 Å². The van der Waals surface area contributed by atoms with Crippen molar-refractivity contribution in [3.8, 4) is 5.75 Å². The minimum absolute atomic E-state index is 0.124. The van der Waals surface area contributed by atoms with Crippen LogP contribution in [0.25, 0.3) is 0 Å². The molecule has 0 aliphatic heterocycles. The zero-order chi connectivity index (χ0) is 33.2. The summed E-state index contributed by atoms with van der Waals surface area (Å²) in [4.78, 5) is 38.1. The lowest BCUT2D eigenvalue weighted by Crippen LogP contribution is -2.57. The molecule has 2 aromatic rings. The molecule has 0 aliphatic carbocycles. The predicted molar refractivity (Wildman–Crippen MR) is 173 cm³/mol. The topological polar surface area (TPSA) is 160 Å². The number of nitrogens with one attached hydrogen (secondary N) is 3. The largest absolute Gasteiger partial charge is 0.497 e. The van der Waals surface area contributed by atoms with Crippen molar-refractivity contribution in [3.63, 3.8) is 0 Å². The van der Waals surface area contributed by atoms with E-state index in [2.05, 4.69) is 20.7 Å². The Morgan fingerprint density at radius 2 is 1.56 bits per heavy atom. The lowest BCUT2D eigenvalue weighted by molar-refractivity contribution is -0.142. The first kappa shape index (κ1) is 37.7. The van der Waals surface area contributed by atoms with Crippen molar-refractivity contribution in [1.29, 1.82) is 0 Å². The number of methoxy groups -OCH3 is 2. The van der Waals surface area contributed by atoms with Crippen LogP contribution in [0.15, 0.2) is 54.6 Å². The number of carbonyl (C=O) groups excluding carboxylic acids is 3. The Kier molecular flexibility index (Phi) is 16.6. The summed E-state index contributed by atoms with van der Waals surface area (Å²) in [5, 5.41) is 19.1. The van der Waals surface area contributed by atoms with Gasteiger partial charge in [-0.05, 0) is 42.5 Å². The molecule has 0 heterocycles. The molecule has 2 rings (SSSR count). The molecule has 0 bridgehead atoms. The monoisotopic (exact) mass is 647 g/mol. The number of hydrogen-bond acceptors (Lipinski definition) is 9. The number of aliphatic hydroxyl groups excluding tert-OH is 1. The van der Waals surface area contributed by atoms with Crippen LogP contribution in [0.5, 0.6) is 5.75 Å². The summed E-state index contributed by atoms with van der Waals surface area (Å²) in [6, 6.07) is 14.6. The average Bonchev–Trinajstić information content (AvgIpc) is 3.03. The van der Waals surface area contributed by atoms with Crippen LogP contribution in [-0.2, 0) is 41.9 Å². The first-order chi connectivity index (χ1) is 21.5. The lowest BCUT2D eigenvalue weighted by atomic mass is 10.0. The van der Waals surface area contributed by atoms with Crippen LogP contribution in [0.3, 0.4) is 0 Å². The van der Waals surface area contributed by atoms with Crippen molar-refractivity contribution in [1.82, 2.24) is 16.0 Å². The second-order valence-electron chi connectivity index (χ2n) is 11.1. The molecule has 0 spiro atoms. The smallest absolute Gasteiger partial charge is 0.306 e. The molecule has 2 amide bonds. The van der Waals surface area contributed by atoms with Crippen LogP contribution in [0.4, 0.5) is 0 Å². The molecule has 0 saturated heterocycles. The van der Waals surface area contributed by atoms with Gasteiger partial charge in [-0.1, -0.05) is 69.2 Å². The molecule has 0 fully saturated rings. The Balaban J connectivity index is 2.26. The average molecular weight is 648 g/mol. The zero-order valence-electron chi connectivity index (χ0n) is 26.8. The summed E-state index contributed by atoms with van der Waals surface area (Å²) in [6.45, 7) is 4.36. The van der Waals surface area contributed by atoms with Crippen LogP contribution in [0, 0.1) is 0 Å². The lowest BCUT2D eigenvalue weighted by Gasteiger charge is -2.28. The van der Waals surface area contributed by atoms with Gasteiger partial charge in [0, 0.05) is 19.5 Å². The Morgan fingerprint density at radius 3 is 2.18 bits per heavy atom. The van der Waals surface area contributed by atoms with E-state index in [0.29, 0.717) is 38.0 Å². The summed E-state index contributed by atoms with van der Waals surface area (Å²) in [5.41, 5.74) is 1.80. The molecule has 45 heavy (non-hydrogen) atoms. The predicted octanol–water partition coefficient (Wildman–Crippen LogP) is 2.69. The molecule has 12 heteroatoms. The number of aliphatic hydroxyl groups is 1. The van der Waals surface area contributed by atoms with Crippen molar-refractivity contribution in [2.24, 2.45) is 0 Å². The molecule has 11 nitrogen and oxygen atoms in total. The molecule has 3 atom stereocenters. The molecule has 0 aromatic heterocycles. The van der Waals surface area contributed by atoms with E-state index in [1.165, 1.54) is 7.11 Å². The maximum absolute atomic E-state index is 13.7. The van der Waals surface area contributed by atoms with Crippen LogP contribution in [0.2, 0.25) is 0 Å². The Labute approximate surface area is 267 Å². The fourth-order valence-corrected chi connectivity index (χ4v) is 7.17. The van der Waals surface area contributed by atoms with Crippen molar-refractivity contribution in [2.45, 2.75) is 88.8 Å². The van der Waals surface area contributed by atoms with Crippen LogP contribution in [-0.4, -0.2) is 81.3 Å². The number of amides is 2. The van der Waals surface area contributed by atoms with Gasteiger partial charge in [0.15, 0.2) is 9.84 Å². The summed E-state index contributed by atoms with van der Waals surface area (Å²) >= 11 is 0. The summed E-state index contributed by atoms with van der Waals surface area (Å²) in [6.07, 6.45) is 0.906. The third-order valence-electron chi connectivity index (χ3n) is 7.47. The number of hydrogen-bond donors (Lipinski definition) is 4. The van der Waals surface area contributed by atoms with E-state index in [4.69, 9.17) is 4.74 Å². The van der Waals surface area contributed by atoms with Crippen molar-refractivity contribution in [3.05, 3.63) is 65.7 Å². The van der Waals surface area contributed by atoms with Crippen molar-refractivity contribution < 1.29 is 37.4 Å². The maximum Gasteiger partial charge on any atom is 0.306 e. The highest BCUT2D eigenvalue weighted by Crippen LogP contribution is 2.18. The molecule has 2 aromatic carbocycles. The normalized spacial score (nSPS) is 13.5. The van der Waals surface area contributed by atoms with Gasteiger partial charge in [0.1, 0.15) is 11.8 Å². The summed E-state index contributed by atoms with van der Waals surface area (Å²) in [7, 11) is -1.00. The standard InChI is InChI=1S/C33H49N3O8S/c1-5-11-27(12-6-2)45(41,42)23-29(35-31(38)17-18-32(39)44-4)33(40)36-28(20-24-13-8-7-9-14-24)30(37)22-34-21-25-15-10-16-26(19-25)43-3/h7-10,13-16,19,27-30,34,37H,5-6,11-12,17-18,20-23H2,1-4H3,(H,35,38)(H,36,40)/t28-,29+,30+/m0/s1. The van der Waals surface area contributed by atoms with Gasteiger partial charge >= 0.3 is 5.97 Å². The number of sulfone groups is 1. The van der Waals surface area contributed by atoms with Gasteiger partial charge in [0.2, 0.25) is 11.8 Å². The van der Waals surface area contributed by atoms with Crippen LogP contribution < -0.4 is 20.7 Å². The van der Waals surface area contributed by atoms with Crippen molar-refractivity contribution in [2.75, 3.05) is 26.5 Å². The third kappa shape index (κ3) is 13.6. The summed E-state index contributed by atoms with van der Waals surface area (Å²) in [5.74, 6) is -1.88. The number of esters is 1. The molecule has 0 aliphatic rings. The minimum Gasteiger partial charge on any atom is -0.497 e. The highest BCUT2D eigenvalue weighted by Gasteiger charge is 2.34. The Hall–Kier alpha value is -3.48. The van der Waals surface area contributed by atoms with Gasteiger partial charge in [-0.3, -0.25) is 14.4 Å². The number of rotatable bonds is 21. The van der Waals surface area contributed by atoms with E-state index in [9.17, 15) is 27.9 Å². The Morgan fingerprint density at radius 1 is 0.889 bits per heavy atom. The SMILES string of the molecule is CCCC(CCC)S(=O)(=O)C[C@@H](NC(=O)CCC(=O)OC)C(=O)N[C@@H](Cc1ccccc1)[C@H](O)CNCc1cccc(OC)c1. The van der Waals surface area contributed by atoms with Crippen LogP contribution >= 0.6 is 0 Å². The first-order valence-corrected chi connectivity index (χ1v) is 17.2. The first-order valence-electron chi connectivity index (χ1n) is 15.5. The van der Waals surface area contributed by atoms with E-state index in [1.807, 2.05) is 68.4 Å². The van der Waals surface area contributed by atoms with Gasteiger partial charge in [-0.2, -0.15) is 0 Å². The summed E-state index contributed by atoms with van der Waals surface area (Å²) < 4.78 is 36.8. The van der Waals surface area contributed by atoms with E-state index < -0.39 is 56.8 Å². The second-order valence-corrected chi connectivity index (χ2v) is 13.4. The quantitative estimate of drug-likeness (QED) is 0.149. The molecular formula is C33H49N3O8S. The van der Waals surface area contributed by atoms with Crippen molar-refractivity contribution >= 4 is 27.6 Å². The fourth-order valence-electron chi connectivity index (χ4n) is 5.01. The van der Waals surface area contributed by atoms with E-state index >= 15 is 0 Å². The number of benzene rings is 2. The molecule has 0 radical (unpaired) electrons. The fraction of sp³-hybridized carbons (Fsp3) is 0.545. The zero-order valence-corrected chi connectivity index (χ0v) is 27.6. The second kappa shape index (κ2) is 19.8. The van der Waals surface area contributed by atoms with Gasteiger partial charge < -0.3 is 30.5 Å². The van der Waals surface area contributed by atoms with E-state index in [-0.39, 0.29) is 25.8 Å². The maximum atomic E-state index is 13.7. The molecule has 4 N–H and O–H groups in total. The van der Waals surface area contributed by atoms with Gasteiger partial charge in [-0.15, -0.1) is 0 Å². The minimum atomic E-state index is -3.79. The number of carbonyl (C=O) groups is 3. The van der Waals surface area contributed by atoms with Gasteiger partial charge in [-0.25, -0.2) is 8.42 Å². The van der Waals surface area contributed by atoms with E-state index in [1.54, 1.807) is 7.11 Å². The highest BCUT2D eigenvalue weighted by atomic mass is 32.2. The van der Waals surface area contributed by atoms with Crippen LogP contribution in [0.1, 0.15) is 63.5 Å². The third-order valence-corrected chi connectivity index (χ3v) is 9.76. The molecule has 250 valence electrons. The number of ether oxygens (including phenoxy) is 2. The molecule has 0 saturated carbocycles. The Bertz CT molecular complexity index is 1300. The molecular weight excluding hydrogens is 598 g/mol. The highest BCUT2D eigenvalue weighted by molar-refractivity contribution is 7.92. The molecule has 0 unspecified atom stereocenters.